The van der Waals surface area contributed by atoms with E-state index in [0.717, 1.165) is 11.1 Å². The third kappa shape index (κ3) is 6.86. The summed E-state index contributed by atoms with van der Waals surface area (Å²) in [4.78, 5) is 29.2. The number of nitrogens with zero attached hydrogens (tertiary/aromatic N) is 1. The van der Waals surface area contributed by atoms with Crippen LogP contribution in [0.4, 0.5) is 13.2 Å². The van der Waals surface area contributed by atoms with Gasteiger partial charge in [-0.2, -0.15) is 13.2 Å². The largest absolute Gasteiger partial charge is 0.493 e. The number of halogens is 3. The normalized spacial score (nSPS) is 13.8. The third-order valence-electron chi connectivity index (χ3n) is 7.90. The van der Waals surface area contributed by atoms with E-state index in [2.05, 4.69) is 0 Å². The van der Waals surface area contributed by atoms with E-state index in [1.165, 1.54) is 45.6 Å². The molecule has 0 unspecified atom stereocenters. The molecule has 0 bridgehead atoms. The van der Waals surface area contributed by atoms with Gasteiger partial charge in [0.2, 0.25) is 16.9 Å². The van der Waals surface area contributed by atoms with E-state index >= 15 is 0 Å². The van der Waals surface area contributed by atoms with Crippen molar-refractivity contribution in [1.29, 1.82) is 0 Å². The van der Waals surface area contributed by atoms with Gasteiger partial charge in [0.05, 0.1) is 51.1 Å². The Kier molecular flexibility index (Phi) is 9.68. The minimum atomic E-state index is -5.10. The molecule has 250 valence electrons. The standard InChI is InChI=1S/C34H34F3NO9/c1-18-13-19(2)20(3)25(14-18)45-31-28(39)22-7-8-24(46-33(40)21-15-26(41-4)30(43-6)27(16-21)42-5)23(17-38-9-11-44-12-10-38)29(22)47-32(31)34(35,36)37/h7-8,13-16H,9-12,17H2,1-6H3. The van der Waals surface area contributed by atoms with Crippen molar-refractivity contribution in [3.05, 3.63) is 80.2 Å². The first-order valence-corrected chi connectivity index (χ1v) is 14.6. The van der Waals surface area contributed by atoms with Crippen LogP contribution < -0.4 is 29.1 Å². The van der Waals surface area contributed by atoms with Crippen LogP contribution in [0, 0.1) is 20.8 Å². The van der Waals surface area contributed by atoms with Gasteiger partial charge in [0.1, 0.15) is 17.1 Å². The molecule has 0 N–H and O–H groups in total. The Balaban J connectivity index is 1.67. The van der Waals surface area contributed by atoms with E-state index in [-0.39, 0.29) is 57.4 Å². The second-order valence-corrected chi connectivity index (χ2v) is 11.0. The molecule has 3 aromatic carbocycles. The summed E-state index contributed by atoms with van der Waals surface area (Å²) in [5.41, 5.74) is 0.781. The molecule has 10 nitrogen and oxygen atoms in total. The predicted molar refractivity (Wildman–Crippen MR) is 165 cm³/mol. The van der Waals surface area contributed by atoms with Crippen molar-refractivity contribution in [1.82, 2.24) is 4.90 Å². The van der Waals surface area contributed by atoms with E-state index in [9.17, 15) is 22.8 Å². The summed E-state index contributed by atoms with van der Waals surface area (Å²) in [6.07, 6.45) is -5.10. The van der Waals surface area contributed by atoms with Crippen LogP contribution >= 0.6 is 0 Å². The number of hydrogen-bond donors (Lipinski definition) is 0. The molecule has 1 aromatic heterocycles. The van der Waals surface area contributed by atoms with Crippen molar-refractivity contribution in [3.63, 3.8) is 0 Å². The molecule has 0 atom stereocenters. The SMILES string of the molecule is COc1cc(C(=O)Oc2ccc3c(=O)c(Oc4cc(C)cc(C)c4C)c(C(F)(F)F)oc3c2CN2CCOCC2)cc(OC)c1OC. The van der Waals surface area contributed by atoms with E-state index in [0.29, 0.717) is 31.9 Å². The van der Waals surface area contributed by atoms with Gasteiger partial charge < -0.3 is 32.8 Å². The monoisotopic (exact) mass is 657 g/mol. The zero-order valence-corrected chi connectivity index (χ0v) is 26.8. The third-order valence-corrected chi connectivity index (χ3v) is 7.90. The molecule has 0 radical (unpaired) electrons. The lowest BCUT2D eigenvalue weighted by Crippen LogP contribution is -2.36. The first-order valence-electron chi connectivity index (χ1n) is 14.6. The minimum Gasteiger partial charge on any atom is -0.493 e. The molecule has 0 amide bonds. The molecular weight excluding hydrogens is 623 g/mol. The number of alkyl halides is 3. The van der Waals surface area contributed by atoms with Crippen molar-refractivity contribution in [3.8, 4) is 34.5 Å². The maximum Gasteiger partial charge on any atom is 0.453 e. The lowest BCUT2D eigenvalue weighted by atomic mass is 10.1. The Morgan fingerprint density at radius 1 is 0.872 bits per heavy atom. The second-order valence-electron chi connectivity index (χ2n) is 11.0. The van der Waals surface area contributed by atoms with Crippen LogP contribution in [0.15, 0.2) is 45.6 Å². The molecule has 0 saturated carbocycles. The van der Waals surface area contributed by atoms with Crippen molar-refractivity contribution in [2.24, 2.45) is 0 Å². The summed E-state index contributed by atoms with van der Waals surface area (Å²) >= 11 is 0. The van der Waals surface area contributed by atoms with Crippen LogP contribution in [-0.2, 0) is 17.5 Å². The lowest BCUT2D eigenvalue weighted by Gasteiger charge is -2.27. The van der Waals surface area contributed by atoms with Gasteiger partial charge in [-0.3, -0.25) is 9.69 Å². The first-order chi connectivity index (χ1) is 22.4. The van der Waals surface area contributed by atoms with Gasteiger partial charge in [-0.1, -0.05) is 6.07 Å². The maximum absolute atomic E-state index is 14.6. The fourth-order valence-corrected chi connectivity index (χ4v) is 5.36. The van der Waals surface area contributed by atoms with Crippen LogP contribution in [0.3, 0.4) is 0 Å². The molecule has 0 spiro atoms. The summed E-state index contributed by atoms with van der Waals surface area (Å²) in [6.45, 7) is 6.91. The maximum atomic E-state index is 14.6. The van der Waals surface area contributed by atoms with Gasteiger partial charge in [0, 0.05) is 19.6 Å². The number of carbonyl (C=O) groups excluding carboxylic acids is 1. The number of methoxy groups -OCH3 is 3. The quantitative estimate of drug-likeness (QED) is 0.144. The summed E-state index contributed by atoms with van der Waals surface area (Å²) in [5.74, 6) is -2.82. The van der Waals surface area contributed by atoms with Crippen LogP contribution in [0.1, 0.15) is 38.4 Å². The number of ether oxygens (including phenoxy) is 6. The van der Waals surface area contributed by atoms with Crippen LogP contribution in [0.2, 0.25) is 0 Å². The summed E-state index contributed by atoms with van der Waals surface area (Å²) in [7, 11) is 4.18. The molecule has 13 heteroatoms. The smallest absolute Gasteiger partial charge is 0.453 e. The number of rotatable bonds is 9. The lowest BCUT2D eigenvalue weighted by molar-refractivity contribution is -0.154. The van der Waals surface area contributed by atoms with E-state index in [4.69, 9.17) is 32.8 Å². The topological polar surface area (TPSA) is 106 Å². The summed E-state index contributed by atoms with van der Waals surface area (Å²) in [6, 6.07) is 8.78. The second kappa shape index (κ2) is 13.5. The highest BCUT2D eigenvalue weighted by atomic mass is 19.4. The number of fused-ring (bicyclic) bond motifs is 1. The summed E-state index contributed by atoms with van der Waals surface area (Å²) < 4.78 is 82.2. The predicted octanol–water partition coefficient (Wildman–Crippen LogP) is 6.61. The Bertz CT molecular complexity index is 1850. The molecule has 1 aliphatic heterocycles. The van der Waals surface area contributed by atoms with Crippen LogP contribution in [0.25, 0.3) is 11.0 Å². The molecule has 0 aliphatic carbocycles. The number of aryl methyl sites for hydroxylation is 2. The molecule has 2 heterocycles. The highest BCUT2D eigenvalue weighted by Gasteiger charge is 2.41. The van der Waals surface area contributed by atoms with Gasteiger partial charge >= 0.3 is 12.1 Å². The van der Waals surface area contributed by atoms with Crippen molar-refractivity contribution in [2.75, 3.05) is 47.6 Å². The van der Waals surface area contributed by atoms with Gasteiger partial charge in [-0.15, -0.1) is 0 Å². The fraction of sp³-hybridized carbons (Fsp3) is 0.353. The average molecular weight is 658 g/mol. The van der Waals surface area contributed by atoms with Crippen molar-refractivity contribution < 1.29 is 50.8 Å². The molecular formula is C34H34F3NO9. The van der Waals surface area contributed by atoms with E-state index < -0.39 is 29.1 Å². The zero-order valence-electron chi connectivity index (χ0n) is 26.8. The van der Waals surface area contributed by atoms with E-state index in [1.807, 2.05) is 11.0 Å². The molecule has 47 heavy (non-hydrogen) atoms. The Labute approximate surface area is 268 Å². The zero-order chi connectivity index (χ0) is 34.0. The van der Waals surface area contributed by atoms with Crippen LogP contribution in [-0.4, -0.2) is 58.5 Å². The number of benzene rings is 3. The fourth-order valence-electron chi connectivity index (χ4n) is 5.36. The number of esters is 1. The van der Waals surface area contributed by atoms with Crippen molar-refractivity contribution in [2.45, 2.75) is 33.5 Å². The van der Waals surface area contributed by atoms with Gasteiger partial charge in [-0.25, -0.2) is 4.79 Å². The molecule has 1 saturated heterocycles. The highest BCUT2D eigenvalue weighted by molar-refractivity contribution is 5.94. The average Bonchev–Trinajstić information content (AvgIpc) is 3.04. The number of carbonyl (C=O) groups is 1. The molecule has 4 aromatic rings. The van der Waals surface area contributed by atoms with Gasteiger partial charge in [-0.05, 0) is 67.8 Å². The highest BCUT2D eigenvalue weighted by Crippen LogP contribution is 2.42. The Hall–Kier alpha value is -4.75. The first kappa shape index (κ1) is 33.6. The van der Waals surface area contributed by atoms with E-state index in [1.54, 1.807) is 26.8 Å². The Morgan fingerprint density at radius 2 is 1.53 bits per heavy atom. The molecule has 5 rings (SSSR count). The number of hydrogen-bond acceptors (Lipinski definition) is 10. The Morgan fingerprint density at radius 3 is 2.13 bits per heavy atom. The number of morpholine rings is 1. The van der Waals surface area contributed by atoms with Crippen LogP contribution in [0.5, 0.6) is 34.5 Å². The molecule has 1 aliphatic rings. The van der Waals surface area contributed by atoms with Crippen molar-refractivity contribution >= 4 is 16.9 Å². The van der Waals surface area contributed by atoms with Gasteiger partial charge in [0.15, 0.2) is 11.5 Å². The molecule has 1 fully saturated rings. The summed E-state index contributed by atoms with van der Waals surface area (Å²) in [5, 5.41) is -0.175. The van der Waals surface area contributed by atoms with Gasteiger partial charge in [0.25, 0.3) is 5.76 Å². The minimum absolute atomic E-state index is 0.00477.